The molecule has 0 saturated carbocycles. The highest BCUT2D eigenvalue weighted by Crippen LogP contribution is 2.31. The largest absolute Gasteiger partial charge is 0.490 e. The maximum atomic E-state index is 12.8. The molecular weight excluding hydrogens is 478 g/mol. The van der Waals surface area contributed by atoms with Crippen LogP contribution < -0.4 is 9.47 Å². The van der Waals surface area contributed by atoms with Crippen LogP contribution in [0.25, 0.3) is 6.08 Å². The zero-order valence-electron chi connectivity index (χ0n) is 16.8. The Kier molecular flexibility index (Phi) is 7.50. The summed E-state index contributed by atoms with van der Waals surface area (Å²) < 4.78 is 38.1. The van der Waals surface area contributed by atoms with Gasteiger partial charge in [0.25, 0.3) is 0 Å². The molecule has 0 fully saturated rings. The zero-order valence-corrected chi connectivity index (χ0v) is 19.2. The average Bonchev–Trinajstić information content (AvgIpc) is 2.78. The van der Waals surface area contributed by atoms with E-state index < -0.39 is 9.84 Å². The normalized spacial score (nSPS) is 11.6. The number of allylic oxidation sites excluding steroid dienone is 1. The van der Waals surface area contributed by atoms with E-state index in [1.807, 2.05) is 31.2 Å². The molecule has 3 rings (SSSR count). The first-order valence-electron chi connectivity index (χ1n) is 9.50. The molecule has 0 bridgehead atoms. The van der Waals surface area contributed by atoms with E-state index in [-0.39, 0.29) is 9.80 Å². The van der Waals surface area contributed by atoms with E-state index in [4.69, 9.17) is 9.47 Å². The molecule has 0 spiro atoms. The second-order valence-corrected chi connectivity index (χ2v) is 9.32. The predicted octanol–water partition coefficient (Wildman–Crippen LogP) is 5.77. The Labute approximate surface area is 190 Å². The Morgan fingerprint density at radius 2 is 1.71 bits per heavy atom. The van der Waals surface area contributed by atoms with E-state index in [1.165, 1.54) is 18.2 Å². The van der Waals surface area contributed by atoms with Crippen LogP contribution in [0.15, 0.2) is 87.1 Å². The van der Waals surface area contributed by atoms with Gasteiger partial charge in [-0.05, 0) is 60.5 Å². The molecule has 0 heterocycles. The molecule has 0 radical (unpaired) electrons. The summed E-state index contributed by atoms with van der Waals surface area (Å²) in [6, 6.07) is 22.5. The first-order valence-corrected chi connectivity index (χ1v) is 11.8. The van der Waals surface area contributed by atoms with Gasteiger partial charge in [0.1, 0.15) is 17.6 Å². The summed E-state index contributed by atoms with van der Waals surface area (Å²) in [5.41, 5.74) is 1.52. The predicted molar refractivity (Wildman–Crippen MR) is 123 cm³/mol. The van der Waals surface area contributed by atoms with Crippen LogP contribution >= 0.6 is 15.9 Å². The van der Waals surface area contributed by atoms with Crippen molar-refractivity contribution in [1.29, 1.82) is 5.26 Å². The van der Waals surface area contributed by atoms with Crippen LogP contribution in [-0.4, -0.2) is 15.0 Å². The van der Waals surface area contributed by atoms with Crippen LogP contribution in [0.3, 0.4) is 0 Å². The van der Waals surface area contributed by atoms with Crippen LogP contribution in [0.1, 0.15) is 18.1 Å². The molecule has 0 aliphatic carbocycles. The Balaban J connectivity index is 1.88. The minimum atomic E-state index is -3.91. The molecule has 0 unspecified atom stereocenters. The van der Waals surface area contributed by atoms with Gasteiger partial charge in [-0.15, -0.1) is 0 Å². The standard InChI is InChI=1S/C24H20BrNO4S/c1-2-29-24-15-19(10-13-23(24)30-17-18-8-11-20(25)12-9-18)14-22(16-26)31(27,28)21-6-4-3-5-7-21/h3-15H,2,17H2,1H3/b22-14-. The fourth-order valence-corrected chi connectivity index (χ4v) is 4.24. The molecule has 0 aliphatic rings. The molecule has 5 nitrogen and oxygen atoms in total. The monoisotopic (exact) mass is 497 g/mol. The summed E-state index contributed by atoms with van der Waals surface area (Å²) >= 11 is 3.40. The second kappa shape index (κ2) is 10.3. The lowest BCUT2D eigenvalue weighted by Crippen LogP contribution is -2.03. The van der Waals surface area contributed by atoms with Crippen molar-refractivity contribution in [2.24, 2.45) is 0 Å². The molecule has 0 aliphatic heterocycles. The molecular formula is C24H20BrNO4S. The van der Waals surface area contributed by atoms with Crippen LogP contribution in [0.4, 0.5) is 0 Å². The number of ether oxygens (including phenoxy) is 2. The number of sulfone groups is 1. The quantitative estimate of drug-likeness (QED) is 0.369. The molecule has 0 N–H and O–H groups in total. The smallest absolute Gasteiger partial charge is 0.216 e. The van der Waals surface area contributed by atoms with E-state index in [0.29, 0.717) is 30.3 Å². The van der Waals surface area contributed by atoms with Gasteiger partial charge in [0.15, 0.2) is 11.5 Å². The van der Waals surface area contributed by atoms with Gasteiger partial charge in [0.05, 0.1) is 11.5 Å². The molecule has 0 amide bonds. The summed E-state index contributed by atoms with van der Waals surface area (Å²) in [5.74, 6) is 1.01. The molecule has 3 aromatic rings. The molecule has 0 atom stereocenters. The fourth-order valence-electron chi connectivity index (χ4n) is 2.79. The summed E-state index contributed by atoms with van der Waals surface area (Å²) in [4.78, 5) is -0.271. The minimum absolute atomic E-state index is 0.0716. The van der Waals surface area contributed by atoms with Gasteiger partial charge in [0.2, 0.25) is 9.84 Å². The number of nitriles is 1. The van der Waals surface area contributed by atoms with Crippen molar-refractivity contribution in [3.8, 4) is 17.6 Å². The van der Waals surface area contributed by atoms with Crippen molar-refractivity contribution < 1.29 is 17.9 Å². The van der Waals surface area contributed by atoms with E-state index in [2.05, 4.69) is 15.9 Å². The number of hydrogen-bond acceptors (Lipinski definition) is 5. The third-order valence-electron chi connectivity index (χ3n) is 4.33. The Morgan fingerprint density at radius 3 is 2.35 bits per heavy atom. The third kappa shape index (κ3) is 5.75. The van der Waals surface area contributed by atoms with Crippen molar-refractivity contribution in [1.82, 2.24) is 0 Å². The van der Waals surface area contributed by atoms with Gasteiger partial charge in [-0.1, -0.05) is 52.3 Å². The van der Waals surface area contributed by atoms with Crippen LogP contribution in [-0.2, 0) is 16.4 Å². The van der Waals surface area contributed by atoms with E-state index in [9.17, 15) is 13.7 Å². The number of hydrogen-bond donors (Lipinski definition) is 0. The Bertz CT molecular complexity index is 1210. The van der Waals surface area contributed by atoms with Gasteiger partial charge in [-0.3, -0.25) is 0 Å². The average molecular weight is 498 g/mol. The second-order valence-electron chi connectivity index (χ2n) is 6.49. The van der Waals surface area contributed by atoms with Gasteiger partial charge in [0, 0.05) is 4.47 Å². The number of rotatable bonds is 8. The lowest BCUT2D eigenvalue weighted by atomic mass is 10.2. The lowest BCUT2D eigenvalue weighted by Gasteiger charge is -2.13. The van der Waals surface area contributed by atoms with E-state index in [0.717, 1.165) is 10.0 Å². The first kappa shape index (κ1) is 22.6. The third-order valence-corrected chi connectivity index (χ3v) is 6.54. The Morgan fingerprint density at radius 1 is 1.00 bits per heavy atom. The number of nitrogens with zero attached hydrogens (tertiary/aromatic N) is 1. The molecule has 31 heavy (non-hydrogen) atoms. The molecule has 0 aromatic heterocycles. The molecule has 3 aromatic carbocycles. The highest BCUT2D eigenvalue weighted by atomic mass is 79.9. The number of halogens is 1. The van der Waals surface area contributed by atoms with Gasteiger partial charge < -0.3 is 9.47 Å². The van der Waals surface area contributed by atoms with Gasteiger partial charge in [-0.2, -0.15) is 5.26 Å². The summed E-state index contributed by atoms with van der Waals surface area (Å²) in [6.45, 7) is 2.62. The molecule has 158 valence electrons. The van der Waals surface area contributed by atoms with Gasteiger partial charge >= 0.3 is 0 Å². The Hall–Kier alpha value is -3.08. The lowest BCUT2D eigenvalue weighted by molar-refractivity contribution is 0.269. The van der Waals surface area contributed by atoms with Crippen molar-refractivity contribution in [3.63, 3.8) is 0 Å². The SMILES string of the molecule is CCOc1cc(/C=C(/C#N)S(=O)(=O)c2ccccc2)ccc1OCc1ccc(Br)cc1. The number of benzene rings is 3. The van der Waals surface area contributed by atoms with Crippen molar-refractivity contribution in [2.45, 2.75) is 18.4 Å². The topological polar surface area (TPSA) is 76.4 Å². The zero-order chi connectivity index (χ0) is 22.3. The van der Waals surface area contributed by atoms with E-state index in [1.54, 1.807) is 42.5 Å². The summed E-state index contributed by atoms with van der Waals surface area (Å²) in [5, 5.41) is 9.48. The van der Waals surface area contributed by atoms with Crippen molar-refractivity contribution in [2.75, 3.05) is 6.61 Å². The van der Waals surface area contributed by atoms with Gasteiger partial charge in [-0.25, -0.2) is 8.42 Å². The first-order chi connectivity index (χ1) is 14.9. The van der Waals surface area contributed by atoms with Crippen LogP contribution in [0.2, 0.25) is 0 Å². The van der Waals surface area contributed by atoms with Crippen LogP contribution in [0.5, 0.6) is 11.5 Å². The minimum Gasteiger partial charge on any atom is -0.490 e. The maximum Gasteiger partial charge on any atom is 0.216 e. The highest BCUT2D eigenvalue weighted by molar-refractivity contribution is 9.10. The highest BCUT2D eigenvalue weighted by Gasteiger charge is 2.20. The van der Waals surface area contributed by atoms with Crippen molar-refractivity contribution >= 4 is 31.8 Å². The van der Waals surface area contributed by atoms with Crippen LogP contribution in [0, 0.1) is 11.3 Å². The molecule has 7 heteroatoms. The fraction of sp³-hybridized carbons (Fsp3) is 0.125. The summed E-state index contributed by atoms with van der Waals surface area (Å²) in [6.07, 6.45) is 1.34. The van der Waals surface area contributed by atoms with Crippen molar-refractivity contribution in [3.05, 3.63) is 93.3 Å². The maximum absolute atomic E-state index is 12.8. The van der Waals surface area contributed by atoms with E-state index >= 15 is 0 Å². The molecule has 0 saturated heterocycles. The summed E-state index contributed by atoms with van der Waals surface area (Å²) in [7, 11) is -3.91.